The van der Waals surface area contributed by atoms with E-state index in [9.17, 15) is 9.90 Å². The zero-order valence-corrected chi connectivity index (χ0v) is 17.3. The number of nitrogens with zero attached hydrogens (tertiary/aromatic N) is 3. The van der Waals surface area contributed by atoms with Crippen LogP contribution in [0.15, 0.2) is 24.4 Å². The number of aryl methyl sites for hydroxylation is 3. The van der Waals surface area contributed by atoms with Crippen LogP contribution < -0.4 is 0 Å². The van der Waals surface area contributed by atoms with Crippen LogP contribution >= 0.6 is 0 Å². The predicted molar refractivity (Wildman–Crippen MR) is 107 cm³/mol. The van der Waals surface area contributed by atoms with Crippen molar-refractivity contribution in [2.24, 2.45) is 5.41 Å². The van der Waals surface area contributed by atoms with E-state index in [0.29, 0.717) is 6.54 Å². The average molecular weight is 386 g/mol. The van der Waals surface area contributed by atoms with Gasteiger partial charge in [-0.15, -0.1) is 5.10 Å². The zero-order chi connectivity index (χ0) is 20.3. The van der Waals surface area contributed by atoms with Crippen molar-refractivity contribution in [3.05, 3.63) is 46.8 Å². The number of carbonyl (C=O) groups is 1. The number of esters is 1. The first-order chi connectivity index (χ1) is 13.4. The minimum absolute atomic E-state index is 0.0584. The molecule has 2 aromatic rings. The lowest BCUT2D eigenvalue weighted by Gasteiger charge is -2.32. The first-order valence-corrected chi connectivity index (χ1v) is 10.1. The Morgan fingerprint density at radius 2 is 2.21 bits per heavy atom. The van der Waals surface area contributed by atoms with Gasteiger partial charge in [0.05, 0.1) is 24.3 Å². The quantitative estimate of drug-likeness (QED) is 0.703. The van der Waals surface area contributed by atoms with E-state index < -0.39 is 11.5 Å². The zero-order valence-electron chi connectivity index (χ0n) is 17.3. The van der Waals surface area contributed by atoms with Crippen LogP contribution in [0.2, 0.25) is 0 Å². The Morgan fingerprint density at radius 1 is 1.43 bits per heavy atom. The number of benzene rings is 1. The van der Waals surface area contributed by atoms with Crippen molar-refractivity contribution in [3.8, 4) is 0 Å². The van der Waals surface area contributed by atoms with Gasteiger partial charge in [-0.05, 0) is 56.2 Å². The van der Waals surface area contributed by atoms with Gasteiger partial charge < -0.3 is 9.84 Å². The molecule has 1 N–H and O–H groups in total. The molecule has 0 amide bonds. The van der Waals surface area contributed by atoms with E-state index in [2.05, 4.69) is 35.4 Å². The highest BCUT2D eigenvalue weighted by Crippen LogP contribution is 2.42. The van der Waals surface area contributed by atoms with Crippen LogP contribution in [0.4, 0.5) is 0 Å². The van der Waals surface area contributed by atoms with Gasteiger partial charge in [0, 0.05) is 18.7 Å². The van der Waals surface area contributed by atoms with Crippen LogP contribution in [-0.2, 0) is 28.9 Å². The Hall–Kier alpha value is -2.21. The summed E-state index contributed by atoms with van der Waals surface area (Å²) in [6.07, 6.45) is 5.92. The van der Waals surface area contributed by atoms with E-state index in [1.54, 1.807) is 0 Å². The van der Waals surface area contributed by atoms with Gasteiger partial charge in [0.1, 0.15) is 0 Å². The molecule has 1 aliphatic rings. The second-order valence-electron chi connectivity index (χ2n) is 8.29. The molecule has 0 saturated carbocycles. The summed E-state index contributed by atoms with van der Waals surface area (Å²) in [5.74, 6) is -0.291. The third kappa shape index (κ3) is 4.12. The molecule has 152 valence electrons. The second kappa shape index (κ2) is 8.43. The number of aliphatic hydroxyl groups is 1. The Labute approximate surface area is 166 Å². The molecule has 0 saturated heterocycles. The highest BCUT2D eigenvalue weighted by atomic mass is 16.5. The van der Waals surface area contributed by atoms with E-state index in [1.807, 2.05) is 24.7 Å². The Morgan fingerprint density at radius 3 is 2.93 bits per heavy atom. The van der Waals surface area contributed by atoms with Crippen LogP contribution in [0, 0.1) is 5.41 Å². The van der Waals surface area contributed by atoms with Gasteiger partial charge in [-0.25, -0.2) is 0 Å². The van der Waals surface area contributed by atoms with Gasteiger partial charge in [-0.2, -0.15) is 0 Å². The maximum atomic E-state index is 12.5. The summed E-state index contributed by atoms with van der Waals surface area (Å²) in [5, 5.41) is 18.7. The number of carbonyl (C=O) groups excluding carboxylic acids is 1. The first kappa shape index (κ1) is 20.5. The second-order valence-corrected chi connectivity index (χ2v) is 8.29. The third-order valence-electron chi connectivity index (χ3n) is 5.94. The summed E-state index contributed by atoms with van der Waals surface area (Å²) >= 11 is 0. The van der Waals surface area contributed by atoms with E-state index in [1.165, 1.54) is 12.7 Å². The Bertz CT molecular complexity index is 828. The number of hydrogen-bond donors (Lipinski definition) is 1. The SMILES string of the molecule is CCCc1cn(CCC(c2ccc3c(c2)C(O)CC3)C(C)(C)C(=O)OC)nn1. The van der Waals surface area contributed by atoms with Crippen molar-refractivity contribution in [2.45, 2.75) is 71.4 Å². The molecule has 1 aromatic heterocycles. The van der Waals surface area contributed by atoms with Gasteiger partial charge >= 0.3 is 5.97 Å². The molecule has 6 heteroatoms. The minimum atomic E-state index is -0.695. The maximum absolute atomic E-state index is 12.5. The topological polar surface area (TPSA) is 77.2 Å². The number of hydrogen-bond acceptors (Lipinski definition) is 5. The Balaban J connectivity index is 1.87. The molecular formula is C22H31N3O3. The van der Waals surface area contributed by atoms with E-state index in [-0.39, 0.29) is 11.9 Å². The highest BCUT2D eigenvalue weighted by molar-refractivity contribution is 5.77. The van der Waals surface area contributed by atoms with E-state index in [4.69, 9.17) is 4.74 Å². The van der Waals surface area contributed by atoms with Gasteiger partial charge in [-0.1, -0.05) is 36.8 Å². The number of ether oxygens (including phenoxy) is 1. The summed E-state index contributed by atoms with van der Waals surface area (Å²) in [7, 11) is 1.43. The number of fused-ring (bicyclic) bond motifs is 1. The molecule has 2 unspecified atom stereocenters. The van der Waals surface area contributed by atoms with Crippen molar-refractivity contribution in [3.63, 3.8) is 0 Å². The van der Waals surface area contributed by atoms with Crippen molar-refractivity contribution < 1.29 is 14.6 Å². The molecule has 28 heavy (non-hydrogen) atoms. The Kier molecular flexibility index (Phi) is 6.18. The van der Waals surface area contributed by atoms with Crippen molar-refractivity contribution in [1.29, 1.82) is 0 Å². The normalized spacial score (nSPS) is 17.4. The van der Waals surface area contributed by atoms with E-state index >= 15 is 0 Å². The molecule has 1 aliphatic carbocycles. The summed E-state index contributed by atoms with van der Waals surface area (Å²) in [6, 6.07) is 6.26. The fourth-order valence-corrected chi connectivity index (χ4v) is 4.25. The molecule has 2 atom stereocenters. The fraction of sp³-hybridized carbons (Fsp3) is 0.591. The smallest absolute Gasteiger partial charge is 0.311 e. The van der Waals surface area contributed by atoms with Crippen molar-refractivity contribution in [1.82, 2.24) is 15.0 Å². The van der Waals surface area contributed by atoms with Gasteiger partial charge in [-0.3, -0.25) is 9.48 Å². The van der Waals surface area contributed by atoms with Crippen LogP contribution in [0.3, 0.4) is 0 Å². The van der Waals surface area contributed by atoms with Crippen molar-refractivity contribution >= 4 is 5.97 Å². The summed E-state index contributed by atoms with van der Waals surface area (Å²) in [6.45, 7) is 6.64. The monoisotopic (exact) mass is 385 g/mol. The maximum Gasteiger partial charge on any atom is 0.311 e. The lowest BCUT2D eigenvalue weighted by atomic mass is 9.72. The number of methoxy groups -OCH3 is 1. The number of aromatic nitrogens is 3. The van der Waals surface area contributed by atoms with Gasteiger partial charge in [0.15, 0.2) is 0 Å². The highest BCUT2D eigenvalue weighted by Gasteiger charge is 2.39. The lowest BCUT2D eigenvalue weighted by molar-refractivity contribution is -0.152. The first-order valence-electron chi connectivity index (χ1n) is 10.1. The fourth-order valence-electron chi connectivity index (χ4n) is 4.25. The van der Waals surface area contributed by atoms with Gasteiger partial charge in [0.25, 0.3) is 0 Å². The van der Waals surface area contributed by atoms with E-state index in [0.717, 1.165) is 48.9 Å². The molecule has 1 aromatic carbocycles. The molecule has 6 nitrogen and oxygen atoms in total. The predicted octanol–water partition coefficient (Wildman–Crippen LogP) is 3.58. The molecule has 1 heterocycles. The third-order valence-corrected chi connectivity index (χ3v) is 5.94. The molecule has 0 fully saturated rings. The lowest BCUT2D eigenvalue weighted by Crippen LogP contribution is -2.33. The average Bonchev–Trinajstić information content (AvgIpc) is 3.28. The number of rotatable bonds is 8. The summed E-state index contributed by atoms with van der Waals surface area (Å²) < 4.78 is 6.95. The van der Waals surface area contributed by atoms with Crippen LogP contribution in [0.1, 0.15) is 74.4 Å². The standard InChI is InChI=1S/C22H31N3O3/c1-5-6-17-14-25(24-23-17)12-11-19(22(2,3)21(27)28-4)16-8-7-15-9-10-20(26)18(15)13-16/h7-8,13-14,19-20,26H,5-6,9-12H2,1-4H3. The molecule has 0 radical (unpaired) electrons. The molecule has 0 bridgehead atoms. The van der Waals surface area contributed by atoms with Crippen LogP contribution in [0.25, 0.3) is 0 Å². The van der Waals surface area contributed by atoms with Crippen LogP contribution in [-0.4, -0.2) is 33.2 Å². The summed E-state index contributed by atoms with van der Waals surface area (Å²) in [5.41, 5.74) is 3.55. The number of aliphatic hydroxyl groups excluding tert-OH is 1. The largest absolute Gasteiger partial charge is 0.469 e. The minimum Gasteiger partial charge on any atom is -0.469 e. The molecule has 3 rings (SSSR count). The van der Waals surface area contributed by atoms with Gasteiger partial charge in [0.2, 0.25) is 0 Å². The molecule has 0 spiro atoms. The molecule has 0 aliphatic heterocycles. The summed E-state index contributed by atoms with van der Waals surface area (Å²) in [4.78, 5) is 12.5. The van der Waals surface area contributed by atoms with Crippen LogP contribution in [0.5, 0.6) is 0 Å². The van der Waals surface area contributed by atoms with Crippen molar-refractivity contribution in [2.75, 3.05) is 7.11 Å². The molecular weight excluding hydrogens is 354 g/mol.